The third-order valence-corrected chi connectivity index (χ3v) is 1.77. The van der Waals surface area contributed by atoms with Crippen LogP contribution in [-0.2, 0) is 6.67 Å². The van der Waals surface area contributed by atoms with Crippen molar-refractivity contribution in [2.45, 2.75) is 6.67 Å². The predicted octanol–water partition coefficient (Wildman–Crippen LogP) is 1.40. The maximum atomic E-state index is 12.2. The molecule has 0 aliphatic heterocycles. The van der Waals surface area contributed by atoms with Gasteiger partial charge in [0.1, 0.15) is 6.67 Å². The molecule has 0 atom stereocenters. The van der Waals surface area contributed by atoms with Gasteiger partial charge in [-0.25, -0.2) is 4.39 Å². The van der Waals surface area contributed by atoms with Crippen molar-refractivity contribution in [1.29, 1.82) is 0 Å². The highest BCUT2D eigenvalue weighted by Crippen LogP contribution is 2.13. The maximum absolute atomic E-state index is 12.2. The van der Waals surface area contributed by atoms with Crippen LogP contribution in [0, 0.1) is 0 Å². The molecule has 14 heavy (non-hydrogen) atoms. The van der Waals surface area contributed by atoms with Crippen LogP contribution >= 0.6 is 0 Å². The fourth-order valence-electron chi connectivity index (χ4n) is 1.06. The predicted molar refractivity (Wildman–Crippen MR) is 47.9 cm³/mol. The van der Waals surface area contributed by atoms with Crippen molar-refractivity contribution >= 4 is 0 Å². The van der Waals surface area contributed by atoms with Gasteiger partial charge in [0.2, 0.25) is 5.82 Å². The number of halogens is 1. The van der Waals surface area contributed by atoms with Gasteiger partial charge in [-0.2, -0.15) is 0 Å². The standard InChI is InChI=1S/C9H7FN4/c10-5-7-1-3-8(4-2-7)9-13-11-6-12-14-9/h1-4,6H,5H2. The molecule has 0 fully saturated rings. The molecular formula is C9H7FN4. The van der Waals surface area contributed by atoms with Crippen molar-refractivity contribution < 1.29 is 4.39 Å². The molecule has 1 aromatic heterocycles. The lowest BCUT2D eigenvalue weighted by Crippen LogP contribution is -1.93. The number of aromatic nitrogens is 4. The fraction of sp³-hybridized carbons (Fsp3) is 0.111. The lowest BCUT2D eigenvalue weighted by atomic mass is 10.1. The molecule has 2 rings (SSSR count). The van der Waals surface area contributed by atoms with Gasteiger partial charge in [-0.15, -0.1) is 20.4 Å². The Bertz CT molecular complexity index is 401. The largest absolute Gasteiger partial charge is 0.246 e. The van der Waals surface area contributed by atoms with Gasteiger partial charge >= 0.3 is 0 Å². The average molecular weight is 190 g/mol. The number of rotatable bonds is 2. The van der Waals surface area contributed by atoms with E-state index in [-0.39, 0.29) is 0 Å². The normalized spacial score (nSPS) is 10.1. The van der Waals surface area contributed by atoms with Crippen LogP contribution in [0.2, 0.25) is 0 Å². The van der Waals surface area contributed by atoms with Crippen molar-refractivity contribution in [1.82, 2.24) is 20.4 Å². The second-order valence-electron chi connectivity index (χ2n) is 2.70. The monoisotopic (exact) mass is 190 g/mol. The summed E-state index contributed by atoms with van der Waals surface area (Å²) < 4.78 is 12.2. The zero-order valence-corrected chi connectivity index (χ0v) is 7.26. The molecule has 0 amide bonds. The van der Waals surface area contributed by atoms with Gasteiger partial charge in [0.05, 0.1) is 0 Å². The smallest absolute Gasteiger partial charge is 0.203 e. The van der Waals surface area contributed by atoms with Crippen LogP contribution in [0.5, 0.6) is 0 Å². The average Bonchev–Trinajstić information content (AvgIpc) is 2.30. The van der Waals surface area contributed by atoms with Crippen LogP contribution in [-0.4, -0.2) is 20.4 Å². The van der Waals surface area contributed by atoms with E-state index in [1.54, 1.807) is 24.3 Å². The first kappa shape index (κ1) is 8.68. The minimum absolute atomic E-state index is 0.443. The third kappa shape index (κ3) is 1.71. The molecule has 0 saturated heterocycles. The summed E-state index contributed by atoms with van der Waals surface area (Å²) in [5.41, 5.74) is 1.41. The fourth-order valence-corrected chi connectivity index (χ4v) is 1.06. The Morgan fingerprint density at radius 2 is 1.64 bits per heavy atom. The molecule has 0 radical (unpaired) electrons. The Hall–Kier alpha value is -1.91. The molecule has 4 nitrogen and oxygen atoms in total. The van der Waals surface area contributed by atoms with Gasteiger partial charge in [0.25, 0.3) is 0 Å². The molecule has 5 heteroatoms. The van der Waals surface area contributed by atoms with E-state index >= 15 is 0 Å². The van der Waals surface area contributed by atoms with Gasteiger partial charge in [-0.05, 0) is 5.56 Å². The summed E-state index contributed by atoms with van der Waals surface area (Å²) in [6, 6.07) is 6.86. The number of nitrogens with zero attached hydrogens (tertiary/aromatic N) is 4. The van der Waals surface area contributed by atoms with Gasteiger partial charge in [0, 0.05) is 5.56 Å². The highest BCUT2D eigenvalue weighted by atomic mass is 19.1. The third-order valence-electron chi connectivity index (χ3n) is 1.77. The van der Waals surface area contributed by atoms with Crippen molar-refractivity contribution in [2.75, 3.05) is 0 Å². The molecule has 0 N–H and O–H groups in total. The molecule has 1 heterocycles. The Morgan fingerprint density at radius 3 is 2.21 bits per heavy atom. The Balaban J connectivity index is 2.34. The number of benzene rings is 1. The minimum atomic E-state index is -0.466. The van der Waals surface area contributed by atoms with E-state index in [2.05, 4.69) is 20.4 Å². The van der Waals surface area contributed by atoms with Gasteiger partial charge in [-0.3, -0.25) is 0 Å². The van der Waals surface area contributed by atoms with Crippen LogP contribution < -0.4 is 0 Å². The summed E-state index contributed by atoms with van der Waals surface area (Å²) in [5, 5.41) is 14.8. The zero-order valence-electron chi connectivity index (χ0n) is 7.26. The number of hydrogen-bond donors (Lipinski definition) is 0. The minimum Gasteiger partial charge on any atom is -0.246 e. The molecule has 0 spiro atoms. The van der Waals surface area contributed by atoms with Gasteiger partial charge in [-0.1, -0.05) is 24.3 Å². The first-order valence-electron chi connectivity index (χ1n) is 4.06. The highest BCUT2D eigenvalue weighted by molar-refractivity contribution is 5.53. The van der Waals surface area contributed by atoms with E-state index in [0.717, 1.165) is 5.56 Å². The maximum Gasteiger partial charge on any atom is 0.203 e. The van der Waals surface area contributed by atoms with Crippen molar-refractivity contribution in [3.8, 4) is 11.4 Å². The molecule has 0 bridgehead atoms. The van der Waals surface area contributed by atoms with E-state index in [1.165, 1.54) is 6.33 Å². The first-order chi connectivity index (χ1) is 6.90. The molecular weight excluding hydrogens is 183 g/mol. The quantitative estimate of drug-likeness (QED) is 0.718. The summed E-state index contributed by atoms with van der Waals surface area (Å²) in [6.07, 6.45) is 1.26. The number of hydrogen-bond acceptors (Lipinski definition) is 4. The van der Waals surface area contributed by atoms with E-state index in [4.69, 9.17) is 0 Å². The molecule has 70 valence electrons. The summed E-state index contributed by atoms with van der Waals surface area (Å²) in [7, 11) is 0. The molecule has 1 aromatic carbocycles. The van der Waals surface area contributed by atoms with Crippen LogP contribution in [0.4, 0.5) is 4.39 Å². The summed E-state index contributed by atoms with van der Waals surface area (Å²) >= 11 is 0. The van der Waals surface area contributed by atoms with Gasteiger partial charge < -0.3 is 0 Å². The van der Waals surface area contributed by atoms with E-state index in [1.807, 2.05) is 0 Å². The number of alkyl halides is 1. The molecule has 0 aliphatic carbocycles. The van der Waals surface area contributed by atoms with Crippen LogP contribution in [0.25, 0.3) is 11.4 Å². The molecule has 2 aromatic rings. The Labute approximate surface area is 79.8 Å². The summed E-state index contributed by atoms with van der Waals surface area (Å²) in [6.45, 7) is -0.466. The van der Waals surface area contributed by atoms with Crippen molar-refractivity contribution in [3.63, 3.8) is 0 Å². The molecule has 0 saturated carbocycles. The van der Waals surface area contributed by atoms with Crippen molar-refractivity contribution in [2.24, 2.45) is 0 Å². The SMILES string of the molecule is FCc1ccc(-c2nncnn2)cc1. The van der Waals surface area contributed by atoms with E-state index < -0.39 is 6.67 Å². The van der Waals surface area contributed by atoms with Crippen LogP contribution in [0.3, 0.4) is 0 Å². The Kier molecular flexibility index (Phi) is 2.40. The topological polar surface area (TPSA) is 51.6 Å². The summed E-state index contributed by atoms with van der Waals surface area (Å²) in [4.78, 5) is 0. The highest BCUT2D eigenvalue weighted by Gasteiger charge is 2.00. The Morgan fingerprint density at radius 1 is 1.00 bits per heavy atom. The van der Waals surface area contributed by atoms with Crippen LogP contribution in [0.15, 0.2) is 30.6 Å². The van der Waals surface area contributed by atoms with E-state index in [0.29, 0.717) is 11.4 Å². The summed E-state index contributed by atoms with van der Waals surface area (Å²) in [5.74, 6) is 0.443. The zero-order chi connectivity index (χ0) is 9.80. The lowest BCUT2D eigenvalue weighted by molar-refractivity contribution is 0.485. The van der Waals surface area contributed by atoms with E-state index in [9.17, 15) is 4.39 Å². The molecule has 0 aliphatic rings. The lowest BCUT2D eigenvalue weighted by Gasteiger charge is -1.97. The van der Waals surface area contributed by atoms with Crippen molar-refractivity contribution in [3.05, 3.63) is 36.2 Å². The second kappa shape index (κ2) is 3.87. The second-order valence-corrected chi connectivity index (χ2v) is 2.70. The van der Waals surface area contributed by atoms with Crippen LogP contribution in [0.1, 0.15) is 5.56 Å². The first-order valence-corrected chi connectivity index (χ1v) is 4.06. The molecule has 0 unspecified atom stereocenters. The van der Waals surface area contributed by atoms with Gasteiger partial charge in [0.15, 0.2) is 6.33 Å².